The first kappa shape index (κ1) is 20.1. The van der Waals surface area contributed by atoms with Crippen LogP contribution in [0.25, 0.3) is 21.5 Å². The molecule has 5 aromatic carbocycles. The summed E-state index contributed by atoms with van der Waals surface area (Å²) in [7, 11) is -2.40. The molecule has 0 saturated heterocycles. The Morgan fingerprint density at radius 1 is 0.500 bits per heavy atom. The molecule has 5 aromatic rings. The number of hydrogen-bond donors (Lipinski definition) is 0. The van der Waals surface area contributed by atoms with Gasteiger partial charge in [0.25, 0.3) is 0 Å². The van der Waals surface area contributed by atoms with Crippen molar-refractivity contribution in [2.24, 2.45) is 0 Å². The van der Waals surface area contributed by atoms with Crippen LogP contribution in [-0.2, 0) is 4.57 Å². The third kappa shape index (κ3) is 4.08. The fourth-order valence-electron chi connectivity index (χ4n) is 3.81. The summed E-state index contributed by atoms with van der Waals surface area (Å²) in [6.45, 7) is 1.99. The SMILES string of the molecule is CCP(=O)(c1ccccc1)c1ccccc1.c1ccc2c(c1)ccc1ccccc12. The summed E-state index contributed by atoms with van der Waals surface area (Å²) in [6, 6.07) is 40.9. The van der Waals surface area contributed by atoms with Gasteiger partial charge in [-0.2, -0.15) is 0 Å². The van der Waals surface area contributed by atoms with E-state index in [-0.39, 0.29) is 0 Å². The number of hydrogen-bond acceptors (Lipinski definition) is 1. The molecule has 5 rings (SSSR count). The minimum Gasteiger partial charge on any atom is -0.314 e. The second-order valence-corrected chi connectivity index (χ2v) is 10.4. The Morgan fingerprint density at radius 3 is 1.27 bits per heavy atom. The van der Waals surface area contributed by atoms with Gasteiger partial charge in [0.05, 0.1) is 0 Å². The maximum atomic E-state index is 13.0. The second-order valence-electron chi connectivity index (χ2n) is 7.23. The van der Waals surface area contributed by atoms with Crippen LogP contribution in [0.3, 0.4) is 0 Å². The van der Waals surface area contributed by atoms with Gasteiger partial charge in [-0.15, -0.1) is 0 Å². The van der Waals surface area contributed by atoms with Crippen LogP contribution < -0.4 is 10.6 Å². The van der Waals surface area contributed by atoms with Gasteiger partial charge in [-0.25, -0.2) is 0 Å². The van der Waals surface area contributed by atoms with Crippen LogP contribution in [0.15, 0.2) is 121 Å². The van der Waals surface area contributed by atoms with E-state index in [1.807, 2.05) is 67.6 Å². The summed E-state index contributed by atoms with van der Waals surface area (Å²) in [5.74, 6) is 0. The lowest BCUT2D eigenvalue weighted by atomic mass is 10.0. The van der Waals surface area contributed by atoms with Crippen molar-refractivity contribution in [2.75, 3.05) is 6.16 Å². The van der Waals surface area contributed by atoms with Gasteiger partial charge in [-0.1, -0.05) is 128 Å². The molecule has 0 saturated carbocycles. The average Bonchev–Trinajstić information content (AvgIpc) is 2.85. The highest BCUT2D eigenvalue weighted by Gasteiger charge is 2.24. The Balaban J connectivity index is 0.000000146. The van der Waals surface area contributed by atoms with E-state index >= 15 is 0 Å². The van der Waals surface area contributed by atoms with Crippen molar-refractivity contribution in [3.63, 3.8) is 0 Å². The van der Waals surface area contributed by atoms with Crippen LogP contribution in [0.5, 0.6) is 0 Å². The zero-order valence-electron chi connectivity index (χ0n) is 17.1. The van der Waals surface area contributed by atoms with E-state index in [0.29, 0.717) is 6.16 Å². The topological polar surface area (TPSA) is 17.1 Å². The van der Waals surface area contributed by atoms with Crippen molar-refractivity contribution in [3.8, 4) is 0 Å². The minimum absolute atomic E-state index is 0.668. The molecular weight excluding hydrogens is 383 g/mol. The van der Waals surface area contributed by atoms with Crippen LogP contribution in [0.4, 0.5) is 0 Å². The molecule has 0 fully saturated rings. The molecule has 1 nitrogen and oxygen atoms in total. The van der Waals surface area contributed by atoms with Gasteiger partial charge < -0.3 is 4.57 Å². The van der Waals surface area contributed by atoms with Crippen molar-refractivity contribution < 1.29 is 4.57 Å². The van der Waals surface area contributed by atoms with Crippen molar-refractivity contribution >= 4 is 39.3 Å². The average molecular weight is 408 g/mol. The molecule has 0 spiro atoms. The summed E-state index contributed by atoms with van der Waals surface area (Å²) >= 11 is 0. The number of rotatable bonds is 3. The van der Waals surface area contributed by atoms with Crippen molar-refractivity contribution in [1.29, 1.82) is 0 Å². The lowest BCUT2D eigenvalue weighted by Crippen LogP contribution is -2.17. The highest BCUT2D eigenvalue weighted by Crippen LogP contribution is 2.42. The second kappa shape index (κ2) is 9.11. The zero-order chi connectivity index (χ0) is 20.8. The van der Waals surface area contributed by atoms with Crippen LogP contribution in [0.2, 0.25) is 0 Å². The highest BCUT2D eigenvalue weighted by atomic mass is 31.2. The Labute approximate surface area is 178 Å². The molecule has 0 heterocycles. The van der Waals surface area contributed by atoms with Gasteiger partial charge in [0.2, 0.25) is 0 Å². The molecule has 0 aliphatic carbocycles. The predicted octanol–water partition coefficient (Wildman–Crippen LogP) is 7.01. The molecule has 0 aliphatic heterocycles. The molecule has 0 aliphatic rings. The molecule has 0 amide bonds. The van der Waals surface area contributed by atoms with Gasteiger partial charge in [0.15, 0.2) is 0 Å². The molecule has 0 radical (unpaired) electrons. The first-order valence-corrected chi connectivity index (χ1v) is 12.2. The maximum Gasteiger partial charge on any atom is 0.142 e. The van der Waals surface area contributed by atoms with Crippen molar-refractivity contribution in [3.05, 3.63) is 121 Å². The van der Waals surface area contributed by atoms with Gasteiger partial charge in [-0.3, -0.25) is 0 Å². The van der Waals surface area contributed by atoms with Crippen LogP contribution in [0.1, 0.15) is 6.92 Å². The zero-order valence-corrected chi connectivity index (χ0v) is 18.0. The van der Waals surface area contributed by atoms with E-state index in [0.717, 1.165) is 10.6 Å². The molecule has 0 atom stereocenters. The Morgan fingerprint density at radius 2 is 0.867 bits per heavy atom. The summed E-state index contributed by atoms with van der Waals surface area (Å²) in [5.41, 5.74) is 0. The summed E-state index contributed by atoms with van der Waals surface area (Å²) in [6.07, 6.45) is 0.668. The molecular formula is C28H25OP. The van der Waals surface area contributed by atoms with E-state index in [1.165, 1.54) is 21.5 Å². The molecule has 0 aromatic heterocycles. The molecule has 30 heavy (non-hydrogen) atoms. The van der Waals surface area contributed by atoms with Crippen molar-refractivity contribution in [1.82, 2.24) is 0 Å². The minimum atomic E-state index is -2.40. The van der Waals surface area contributed by atoms with Gasteiger partial charge >= 0.3 is 0 Å². The van der Waals surface area contributed by atoms with Gasteiger partial charge in [0.1, 0.15) is 7.14 Å². The molecule has 0 N–H and O–H groups in total. The Kier molecular flexibility index (Phi) is 6.12. The van der Waals surface area contributed by atoms with E-state index in [1.54, 1.807) is 0 Å². The third-order valence-corrected chi connectivity index (χ3v) is 8.60. The molecule has 2 heteroatoms. The normalized spacial score (nSPS) is 11.1. The lowest BCUT2D eigenvalue weighted by Gasteiger charge is -2.16. The molecule has 0 bridgehead atoms. The predicted molar refractivity (Wildman–Crippen MR) is 132 cm³/mol. The Hall–Kier alpha value is -3.15. The van der Waals surface area contributed by atoms with Gasteiger partial charge in [-0.05, 0) is 21.5 Å². The van der Waals surface area contributed by atoms with E-state index < -0.39 is 7.14 Å². The first-order chi connectivity index (χ1) is 14.7. The highest BCUT2D eigenvalue weighted by molar-refractivity contribution is 7.78. The van der Waals surface area contributed by atoms with Crippen LogP contribution >= 0.6 is 7.14 Å². The first-order valence-electron chi connectivity index (χ1n) is 10.3. The standard InChI is InChI=1S/C14H15OP.C14H10/c1-2-16(15,13-9-5-3-6-10-13)14-11-7-4-8-12-14;1-3-7-13-11(5-1)9-10-12-6-2-4-8-14(12)13/h3-12H,2H2,1H3;1-10H. The van der Waals surface area contributed by atoms with Crippen LogP contribution in [-0.4, -0.2) is 6.16 Å². The van der Waals surface area contributed by atoms with Crippen LogP contribution in [0, 0.1) is 0 Å². The monoisotopic (exact) mass is 408 g/mol. The fraction of sp³-hybridized carbons (Fsp3) is 0.0714. The smallest absolute Gasteiger partial charge is 0.142 e. The Bertz CT molecular complexity index is 1200. The van der Waals surface area contributed by atoms with Crippen molar-refractivity contribution in [2.45, 2.75) is 6.92 Å². The van der Waals surface area contributed by atoms with Gasteiger partial charge in [0, 0.05) is 16.8 Å². The number of benzene rings is 5. The maximum absolute atomic E-state index is 13.0. The summed E-state index contributed by atoms with van der Waals surface area (Å²) in [4.78, 5) is 0. The summed E-state index contributed by atoms with van der Waals surface area (Å²) < 4.78 is 13.0. The fourth-order valence-corrected chi connectivity index (χ4v) is 6.14. The third-order valence-electron chi connectivity index (χ3n) is 5.45. The lowest BCUT2D eigenvalue weighted by molar-refractivity contribution is 0.587. The van der Waals surface area contributed by atoms with E-state index in [9.17, 15) is 4.57 Å². The van der Waals surface area contributed by atoms with E-state index in [2.05, 4.69) is 60.7 Å². The molecule has 0 unspecified atom stereocenters. The quantitative estimate of drug-likeness (QED) is 0.232. The number of fused-ring (bicyclic) bond motifs is 3. The molecule has 148 valence electrons. The van der Waals surface area contributed by atoms with E-state index in [4.69, 9.17) is 0 Å². The largest absolute Gasteiger partial charge is 0.314 e. The summed E-state index contributed by atoms with van der Waals surface area (Å²) in [5, 5.41) is 7.20.